The zero-order valence-electron chi connectivity index (χ0n) is 19.8. The fourth-order valence-corrected chi connectivity index (χ4v) is 5.81. The summed E-state index contributed by atoms with van der Waals surface area (Å²) in [5, 5.41) is 12.4. The van der Waals surface area contributed by atoms with E-state index in [4.69, 9.17) is 4.74 Å². The number of piperidine rings is 1. The molecule has 3 fully saturated rings. The number of carbonyl (C=O) groups is 2. The molecule has 3 amide bonds. The number of amides is 3. The Labute approximate surface area is 208 Å². The molecule has 2 heterocycles. The lowest BCUT2D eigenvalue weighted by atomic mass is 9.86. The minimum absolute atomic E-state index is 0.0847. The number of hydrogen-bond donors (Lipinski definition) is 1. The highest BCUT2D eigenvalue weighted by Crippen LogP contribution is 2.34. The number of nitrogens with zero attached hydrogens (tertiary/aromatic N) is 3. The summed E-state index contributed by atoms with van der Waals surface area (Å²) in [6, 6.07) is 12.3. The van der Waals surface area contributed by atoms with Crippen molar-refractivity contribution in [2.75, 3.05) is 19.7 Å². The normalized spacial score (nSPS) is 25.0. The minimum Gasteiger partial charge on any atom is -0.446 e. The van der Waals surface area contributed by atoms with Crippen LogP contribution in [0.5, 0.6) is 0 Å². The lowest BCUT2D eigenvalue weighted by molar-refractivity contribution is 0.150. The van der Waals surface area contributed by atoms with Crippen LogP contribution in [0.25, 0.3) is 0 Å². The fourth-order valence-electron chi connectivity index (χ4n) is 5.81. The molecular formula is C27H28F2N4O3. The lowest BCUT2D eigenvalue weighted by Crippen LogP contribution is -2.46. The number of cyclic esters (lactones) is 1. The number of rotatable bonds is 4. The average molecular weight is 495 g/mol. The second kappa shape index (κ2) is 10.2. The number of likely N-dealkylation sites (tertiary alicyclic amines) is 1. The lowest BCUT2D eigenvalue weighted by Gasteiger charge is -2.36. The number of ether oxygens (including phenoxy) is 1. The van der Waals surface area contributed by atoms with E-state index in [0.29, 0.717) is 17.5 Å². The van der Waals surface area contributed by atoms with Crippen LogP contribution < -0.4 is 5.32 Å². The van der Waals surface area contributed by atoms with Crippen LogP contribution >= 0.6 is 0 Å². The van der Waals surface area contributed by atoms with E-state index in [-0.39, 0.29) is 12.6 Å². The molecule has 1 saturated carbocycles. The maximum Gasteiger partial charge on any atom is 0.418 e. The summed E-state index contributed by atoms with van der Waals surface area (Å²) in [5.41, 5.74) is 2.19. The standard InChI is InChI=1S/C27H28F2N4O3/c28-23-8-5-18(13-24(23)29)25-16-36-27(35)33(25)26(34)31-20-6-7-21(14-20)32-11-9-17(10-12-32)22-4-2-1-3-19(22)15-30/h1-5,8,13,17,20-21,25H,6-7,9-12,14,16H2,(H,31,34). The van der Waals surface area contributed by atoms with Gasteiger partial charge in [0.1, 0.15) is 12.6 Å². The summed E-state index contributed by atoms with van der Waals surface area (Å²) in [4.78, 5) is 28.7. The van der Waals surface area contributed by atoms with Crippen LogP contribution in [0.4, 0.5) is 18.4 Å². The van der Waals surface area contributed by atoms with Crippen LogP contribution in [-0.4, -0.2) is 53.7 Å². The van der Waals surface area contributed by atoms with E-state index in [1.807, 2.05) is 18.2 Å². The highest BCUT2D eigenvalue weighted by atomic mass is 19.2. The largest absolute Gasteiger partial charge is 0.446 e. The number of hydrogen-bond acceptors (Lipinski definition) is 5. The zero-order valence-corrected chi connectivity index (χ0v) is 19.8. The molecule has 188 valence electrons. The van der Waals surface area contributed by atoms with Crippen molar-refractivity contribution in [3.63, 3.8) is 0 Å². The molecule has 0 spiro atoms. The first-order valence-electron chi connectivity index (χ1n) is 12.4. The highest BCUT2D eigenvalue weighted by molar-refractivity contribution is 5.92. The molecule has 0 bridgehead atoms. The predicted molar refractivity (Wildman–Crippen MR) is 127 cm³/mol. The van der Waals surface area contributed by atoms with E-state index >= 15 is 0 Å². The molecule has 2 aromatic rings. The Morgan fingerprint density at radius 1 is 1.06 bits per heavy atom. The summed E-state index contributed by atoms with van der Waals surface area (Å²) in [7, 11) is 0. The minimum atomic E-state index is -1.04. The molecule has 0 radical (unpaired) electrons. The first-order chi connectivity index (χ1) is 17.4. The predicted octanol–water partition coefficient (Wildman–Crippen LogP) is 4.84. The van der Waals surface area contributed by atoms with Gasteiger partial charge in [0.25, 0.3) is 0 Å². The van der Waals surface area contributed by atoms with E-state index in [9.17, 15) is 23.6 Å². The van der Waals surface area contributed by atoms with Crippen molar-refractivity contribution < 1.29 is 23.1 Å². The molecule has 3 unspecified atom stereocenters. The van der Waals surface area contributed by atoms with Crippen molar-refractivity contribution in [3.05, 3.63) is 70.8 Å². The Balaban J connectivity index is 1.16. The number of urea groups is 1. The molecule has 9 heteroatoms. The van der Waals surface area contributed by atoms with Crippen molar-refractivity contribution in [3.8, 4) is 6.07 Å². The second-order valence-electron chi connectivity index (χ2n) is 9.76. The summed E-state index contributed by atoms with van der Waals surface area (Å²) in [6.07, 6.45) is 3.71. The summed E-state index contributed by atoms with van der Waals surface area (Å²) < 4.78 is 32.1. The first kappa shape index (κ1) is 24.2. The van der Waals surface area contributed by atoms with Crippen LogP contribution in [0, 0.1) is 23.0 Å². The van der Waals surface area contributed by atoms with Crippen molar-refractivity contribution in [2.45, 2.75) is 56.1 Å². The topological polar surface area (TPSA) is 85.7 Å². The SMILES string of the molecule is N#Cc1ccccc1C1CCN(C2CCC(NC(=O)N3C(=O)OCC3c3ccc(F)c(F)c3)C2)CC1. The number of carbonyl (C=O) groups excluding carboxylic acids is 2. The number of nitrogens with one attached hydrogen (secondary N) is 1. The number of halogens is 2. The van der Waals surface area contributed by atoms with Gasteiger partial charge in [0.05, 0.1) is 11.6 Å². The maximum atomic E-state index is 13.7. The van der Waals surface area contributed by atoms with Crippen molar-refractivity contribution in [1.29, 1.82) is 5.26 Å². The van der Waals surface area contributed by atoms with E-state index in [1.54, 1.807) is 0 Å². The van der Waals surface area contributed by atoms with Gasteiger partial charge in [-0.1, -0.05) is 24.3 Å². The third kappa shape index (κ3) is 4.78. The van der Waals surface area contributed by atoms with Gasteiger partial charge in [0.15, 0.2) is 11.6 Å². The van der Waals surface area contributed by atoms with Gasteiger partial charge in [0, 0.05) is 12.1 Å². The van der Waals surface area contributed by atoms with Gasteiger partial charge in [0.2, 0.25) is 0 Å². The summed E-state index contributed by atoms with van der Waals surface area (Å²) in [6.45, 7) is 1.77. The summed E-state index contributed by atoms with van der Waals surface area (Å²) >= 11 is 0. The van der Waals surface area contributed by atoms with E-state index < -0.39 is 29.8 Å². The number of benzene rings is 2. The Hall–Kier alpha value is -3.51. The van der Waals surface area contributed by atoms with Gasteiger partial charge >= 0.3 is 12.1 Å². The van der Waals surface area contributed by atoms with E-state index in [2.05, 4.69) is 22.4 Å². The van der Waals surface area contributed by atoms with E-state index in [1.165, 1.54) is 6.07 Å². The first-order valence-corrected chi connectivity index (χ1v) is 12.4. The average Bonchev–Trinajstić information content (AvgIpc) is 3.52. The molecular weight excluding hydrogens is 466 g/mol. The van der Waals surface area contributed by atoms with Gasteiger partial charge in [-0.15, -0.1) is 0 Å². The van der Waals surface area contributed by atoms with Gasteiger partial charge < -0.3 is 15.0 Å². The maximum absolute atomic E-state index is 13.7. The Kier molecular flexibility index (Phi) is 6.88. The van der Waals surface area contributed by atoms with Gasteiger partial charge in [-0.25, -0.2) is 23.3 Å². The molecule has 5 rings (SSSR count). The molecule has 3 aliphatic rings. The van der Waals surface area contributed by atoms with Crippen molar-refractivity contribution in [2.24, 2.45) is 0 Å². The second-order valence-corrected chi connectivity index (χ2v) is 9.76. The van der Waals surface area contributed by atoms with E-state index in [0.717, 1.165) is 73.4 Å². The van der Waals surface area contributed by atoms with Crippen LogP contribution in [0.1, 0.15) is 60.8 Å². The molecule has 1 aliphatic carbocycles. The third-order valence-corrected chi connectivity index (χ3v) is 7.72. The molecule has 3 atom stereocenters. The van der Waals surface area contributed by atoms with Crippen LogP contribution in [-0.2, 0) is 4.74 Å². The smallest absolute Gasteiger partial charge is 0.418 e. The monoisotopic (exact) mass is 494 g/mol. The van der Waals surface area contributed by atoms with Crippen LogP contribution in [0.2, 0.25) is 0 Å². The van der Waals surface area contributed by atoms with Gasteiger partial charge in [-0.05, 0) is 80.4 Å². The molecule has 1 N–H and O–H groups in total. The third-order valence-electron chi connectivity index (χ3n) is 7.72. The summed E-state index contributed by atoms with van der Waals surface area (Å²) in [5.74, 6) is -1.65. The molecule has 36 heavy (non-hydrogen) atoms. The zero-order chi connectivity index (χ0) is 25.2. The van der Waals surface area contributed by atoms with Crippen LogP contribution in [0.3, 0.4) is 0 Å². The fraction of sp³-hybridized carbons (Fsp3) is 0.444. The molecule has 7 nitrogen and oxygen atoms in total. The van der Waals surface area contributed by atoms with Gasteiger partial charge in [-0.3, -0.25) is 0 Å². The molecule has 2 saturated heterocycles. The number of nitriles is 1. The Morgan fingerprint density at radius 2 is 1.83 bits per heavy atom. The van der Waals surface area contributed by atoms with Gasteiger partial charge in [-0.2, -0.15) is 5.26 Å². The highest BCUT2D eigenvalue weighted by Gasteiger charge is 2.41. The number of imide groups is 1. The van der Waals surface area contributed by atoms with Crippen LogP contribution in [0.15, 0.2) is 42.5 Å². The Morgan fingerprint density at radius 3 is 2.58 bits per heavy atom. The molecule has 2 aromatic carbocycles. The molecule has 2 aliphatic heterocycles. The Bertz CT molecular complexity index is 1190. The molecule has 0 aromatic heterocycles. The van der Waals surface area contributed by atoms with Crippen molar-refractivity contribution in [1.82, 2.24) is 15.1 Å². The quantitative estimate of drug-likeness (QED) is 0.658. The van der Waals surface area contributed by atoms with Crippen molar-refractivity contribution >= 4 is 12.1 Å².